The second-order valence-corrected chi connectivity index (χ2v) is 5.46. The molecule has 1 aliphatic rings. The van der Waals surface area contributed by atoms with Crippen molar-refractivity contribution in [2.45, 2.75) is 46.2 Å². The Morgan fingerprint density at radius 3 is 2.89 bits per heavy atom. The Labute approximate surface area is 120 Å². The summed E-state index contributed by atoms with van der Waals surface area (Å²) in [5.74, 6) is 0.163. The van der Waals surface area contributed by atoms with Gasteiger partial charge in [-0.05, 0) is 32.7 Å². The van der Waals surface area contributed by atoms with E-state index in [1.54, 1.807) is 0 Å². The van der Waals surface area contributed by atoms with Crippen LogP contribution in [0, 0.1) is 17.2 Å². The van der Waals surface area contributed by atoms with E-state index in [1.807, 2.05) is 4.68 Å². The SMILES string of the molecule is CCc1nn(CC)c(CN2CCCC(C#N)C2)c1Cl. The monoisotopic (exact) mass is 280 g/mol. The molecule has 0 spiro atoms. The summed E-state index contributed by atoms with van der Waals surface area (Å²) in [6.07, 6.45) is 2.98. The van der Waals surface area contributed by atoms with E-state index in [0.717, 1.165) is 61.9 Å². The number of hydrogen-bond donors (Lipinski definition) is 0. The largest absolute Gasteiger partial charge is 0.296 e. The zero-order valence-electron chi connectivity index (χ0n) is 11.7. The lowest BCUT2D eigenvalue weighted by molar-refractivity contribution is 0.187. The van der Waals surface area contributed by atoms with Crippen molar-refractivity contribution in [2.24, 2.45) is 5.92 Å². The highest BCUT2D eigenvalue weighted by Gasteiger charge is 2.22. The fraction of sp³-hybridized carbons (Fsp3) is 0.714. The van der Waals surface area contributed by atoms with Crippen LogP contribution in [0.4, 0.5) is 0 Å². The minimum Gasteiger partial charge on any atom is -0.296 e. The zero-order valence-corrected chi connectivity index (χ0v) is 12.4. The Kier molecular flexibility index (Phi) is 4.84. The number of piperidine rings is 1. The van der Waals surface area contributed by atoms with Crippen molar-refractivity contribution >= 4 is 11.6 Å². The van der Waals surface area contributed by atoms with Gasteiger partial charge in [-0.2, -0.15) is 10.4 Å². The highest BCUT2D eigenvalue weighted by Crippen LogP contribution is 2.25. The van der Waals surface area contributed by atoms with E-state index in [0.29, 0.717) is 0 Å². The van der Waals surface area contributed by atoms with Gasteiger partial charge >= 0.3 is 0 Å². The maximum atomic E-state index is 9.05. The molecule has 4 nitrogen and oxygen atoms in total. The molecule has 19 heavy (non-hydrogen) atoms. The van der Waals surface area contributed by atoms with Gasteiger partial charge in [-0.1, -0.05) is 18.5 Å². The smallest absolute Gasteiger partial charge is 0.0863 e. The van der Waals surface area contributed by atoms with Crippen molar-refractivity contribution in [3.8, 4) is 6.07 Å². The lowest BCUT2D eigenvalue weighted by Gasteiger charge is -2.29. The van der Waals surface area contributed by atoms with E-state index < -0.39 is 0 Å². The first-order chi connectivity index (χ1) is 9.19. The molecule has 1 fully saturated rings. The number of aromatic nitrogens is 2. The number of aryl methyl sites for hydroxylation is 2. The van der Waals surface area contributed by atoms with Crippen molar-refractivity contribution in [3.63, 3.8) is 0 Å². The lowest BCUT2D eigenvalue weighted by atomic mass is 9.99. The number of halogens is 1. The van der Waals surface area contributed by atoms with Crippen molar-refractivity contribution in [1.82, 2.24) is 14.7 Å². The molecule has 2 rings (SSSR count). The molecule has 1 aromatic rings. The van der Waals surface area contributed by atoms with Crippen molar-refractivity contribution < 1.29 is 0 Å². The Balaban J connectivity index is 2.14. The number of nitrogens with zero attached hydrogens (tertiary/aromatic N) is 4. The first kappa shape index (κ1) is 14.4. The maximum absolute atomic E-state index is 9.05. The number of nitriles is 1. The predicted molar refractivity (Wildman–Crippen MR) is 75.9 cm³/mol. The van der Waals surface area contributed by atoms with Crippen LogP contribution in [-0.4, -0.2) is 27.8 Å². The maximum Gasteiger partial charge on any atom is 0.0863 e. The number of hydrogen-bond acceptors (Lipinski definition) is 3. The van der Waals surface area contributed by atoms with Gasteiger partial charge < -0.3 is 0 Å². The van der Waals surface area contributed by atoms with Gasteiger partial charge in [0.2, 0.25) is 0 Å². The van der Waals surface area contributed by atoms with Crippen LogP contribution in [0.5, 0.6) is 0 Å². The molecule has 2 heterocycles. The summed E-state index contributed by atoms with van der Waals surface area (Å²) in [6, 6.07) is 2.38. The van der Waals surface area contributed by atoms with Crippen LogP contribution in [0.1, 0.15) is 38.1 Å². The summed E-state index contributed by atoms with van der Waals surface area (Å²) in [6.45, 7) is 7.70. The third kappa shape index (κ3) is 3.10. The fourth-order valence-corrected chi connectivity index (χ4v) is 3.01. The average molecular weight is 281 g/mol. The quantitative estimate of drug-likeness (QED) is 0.852. The van der Waals surface area contributed by atoms with Crippen LogP contribution in [0.25, 0.3) is 0 Å². The second-order valence-electron chi connectivity index (χ2n) is 5.08. The number of likely N-dealkylation sites (tertiary alicyclic amines) is 1. The minimum absolute atomic E-state index is 0.163. The summed E-state index contributed by atoms with van der Waals surface area (Å²) in [4.78, 5) is 2.33. The summed E-state index contributed by atoms with van der Waals surface area (Å²) >= 11 is 6.42. The van der Waals surface area contributed by atoms with Gasteiger partial charge in [0.1, 0.15) is 0 Å². The molecule has 1 saturated heterocycles. The molecule has 0 amide bonds. The molecule has 0 aromatic carbocycles. The molecule has 1 aromatic heterocycles. The van der Waals surface area contributed by atoms with Crippen LogP contribution >= 0.6 is 11.6 Å². The standard InChI is InChI=1S/C14H21ClN4/c1-3-12-14(15)13(19(4-2)17-12)10-18-7-5-6-11(8-16)9-18/h11H,3-7,9-10H2,1-2H3. The van der Waals surface area contributed by atoms with Crippen LogP contribution in [0.2, 0.25) is 5.02 Å². The van der Waals surface area contributed by atoms with Crippen molar-refractivity contribution in [2.75, 3.05) is 13.1 Å². The highest BCUT2D eigenvalue weighted by atomic mass is 35.5. The summed E-state index contributed by atoms with van der Waals surface area (Å²) in [5, 5.41) is 14.4. The molecule has 0 N–H and O–H groups in total. The summed E-state index contributed by atoms with van der Waals surface area (Å²) in [5.41, 5.74) is 2.08. The first-order valence-corrected chi connectivity index (χ1v) is 7.43. The van der Waals surface area contributed by atoms with Crippen LogP contribution in [0.3, 0.4) is 0 Å². The molecule has 5 heteroatoms. The third-order valence-electron chi connectivity index (χ3n) is 3.76. The normalized spacial score (nSPS) is 20.4. The lowest BCUT2D eigenvalue weighted by Crippen LogP contribution is -2.35. The molecule has 1 aliphatic heterocycles. The zero-order chi connectivity index (χ0) is 13.8. The topological polar surface area (TPSA) is 44.9 Å². The Hall–Kier alpha value is -1.05. The molecule has 0 saturated carbocycles. The van der Waals surface area contributed by atoms with Crippen LogP contribution in [-0.2, 0) is 19.5 Å². The van der Waals surface area contributed by atoms with E-state index in [1.165, 1.54) is 0 Å². The first-order valence-electron chi connectivity index (χ1n) is 7.05. The molecule has 0 radical (unpaired) electrons. The van der Waals surface area contributed by atoms with Crippen molar-refractivity contribution in [3.05, 3.63) is 16.4 Å². The van der Waals surface area contributed by atoms with Gasteiger partial charge in [0.05, 0.1) is 28.4 Å². The Bertz CT molecular complexity index is 475. The van der Waals surface area contributed by atoms with Gasteiger partial charge in [0.25, 0.3) is 0 Å². The van der Waals surface area contributed by atoms with E-state index in [2.05, 4.69) is 29.9 Å². The second kappa shape index (κ2) is 6.40. The summed E-state index contributed by atoms with van der Waals surface area (Å²) < 4.78 is 2.00. The molecule has 1 atom stereocenters. The van der Waals surface area contributed by atoms with E-state index in [4.69, 9.17) is 16.9 Å². The van der Waals surface area contributed by atoms with Crippen LogP contribution in [0.15, 0.2) is 0 Å². The van der Waals surface area contributed by atoms with E-state index in [9.17, 15) is 0 Å². The average Bonchev–Trinajstić information content (AvgIpc) is 2.75. The van der Waals surface area contributed by atoms with Crippen LogP contribution < -0.4 is 0 Å². The Morgan fingerprint density at radius 1 is 1.47 bits per heavy atom. The van der Waals surface area contributed by atoms with Gasteiger partial charge in [0, 0.05) is 19.6 Å². The third-order valence-corrected chi connectivity index (χ3v) is 4.19. The highest BCUT2D eigenvalue weighted by molar-refractivity contribution is 6.31. The fourth-order valence-electron chi connectivity index (χ4n) is 2.68. The van der Waals surface area contributed by atoms with Gasteiger partial charge in [-0.3, -0.25) is 9.58 Å². The molecular weight excluding hydrogens is 260 g/mol. The molecule has 1 unspecified atom stereocenters. The minimum atomic E-state index is 0.163. The summed E-state index contributed by atoms with van der Waals surface area (Å²) in [7, 11) is 0. The predicted octanol–water partition coefficient (Wildman–Crippen LogP) is 2.85. The van der Waals surface area contributed by atoms with Gasteiger partial charge in [0.15, 0.2) is 0 Å². The Morgan fingerprint density at radius 2 is 2.26 bits per heavy atom. The van der Waals surface area contributed by atoms with E-state index in [-0.39, 0.29) is 5.92 Å². The number of rotatable bonds is 4. The van der Waals surface area contributed by atoms with Gasteiger partial charge in [-0.15, -0.1) is 0 Å². The van der Waals surface area contributed by atoms with Gasteiger partial charge in [-0.25, -0.2) is 0 Å². The molecular formula is C14H21ClN4. The molecule has 0 aliphatic carbocycles. The van der Waals surface area contributed by atoms with Crippen molar-refractivity contribution in [1.29, 1.82) is 5.26 Å². The van der Waals surface area contributed by atoms with E-state index >= 15 is 0 Å². The molecule has 104 valence electrons. The molecule has 0 bridgehead atoms.